The third-order valence-corrected chi connectivity index (χ3v) is 3.61. The van der Waals surface area contributed by atoms with E-state index in [0.717, 1.165) is 13.0 Å². The van der Waals surface area contributed by atoms with E-state index in [1.54, 1.807) is 0 Å². The third kappa shape index (κ3) is 3.71. The molecule has 2 aromatic rings. The second-order valence-corrected chi connectivity index (χ2v) is 5.40. The highest BCUT2D eigenvalue weighted by molar-refractivity contribution is 5.36. The van der Waals surface area contributed by atoms with Crippen LogP contribution >= 0.6 is 0 Å². The second-order valence-electron chi connectivity index (χ2n) is 5.40. The van der Waals surface area contributed by atoms with Gasteiger partial charge in [-0.2, -0.15) is 0 Å². The van der Waals surface area contributed by atoms with Gasteiger partial charge in [-0.3, -0.25) is 0 Å². The minimum Gasteiger partial charge on any atom is -0.307 e. The maximum Gasteiger partial charge on any atom is 0.0576 e. The van der Waals surface area contributed by atoms with E-state index in [9.17, 15) is 0 Å². The van der Waals surface area contributed by atoms with Crippen molar-refractivity contribution in [3.63, 3.8) is 0 Å². The first-order valence-corrected chi connectivity index (χ1v) is 7.63. The fourth-order valence-electron chi connectivity index (χ4n) is 2.70. The summed E-state index contributed by atoms with van der Waals surface area (Å²) in [6, 6.07) is 18.1. The monoisotopic (exact) mass is 267 g/mol. The van der Waals surface area contributed by atoms with Gasteiger partial charge in [-0.25, -0.2) is 0 Å². The number of aryl methyl sites for hydroxylation is 2. The lowest BCUT2D eigenvalue weighted by Crippen LogP contribution is -2.22. The molecule has 0 aliphatic heterocycles. The normalized spacial score (nSPS) is 12.3. The molecule has 0 saturated carbocycles. The standard InChI is InChI=1S/C19H25N/c1-4-8-16-10-7-12-18(14-16)19(20-5-2)17-11-6-9-15(3)13-17/h6-7,9-14,19-20H,4-5,8H2,1-3H3. The van der Waals surface area contributed by atoms with Crippen molar-refractivity contribution in [2.24, 2.45) is 0 Å². The molecular formula is C19H25N. The predicted octanol–water partition coefficient (Wildman–Crippen LogP) is 4.65. The van der Waals surface area contributed by atoms with Gasteiger partial charge < -0.3 is 5.32 Å². The summed E-state index contributed by atoms with van der Waals surface area (Å²) in [4.78, 5) is 0. The van der Waals surface area contributed by atoms with Crippen molar-refractivity contribution in [1.82, 2.24) is 5.32 Å². The van der Waals surface area contributed by atoms with Crippen LogP contribution in [0.5, 0.6) is 0 Å². The molecule has 0 radical (unpaired) electrons. The van der Waals surface area contributed by atoms with Crippen molar-refractivity contribution in [3.8, 4) is 0 Å². The van der Waals surface area contributed by atoms with Crippen LogP contribution in [0.25, 0.3) is 0 Å². The summed E-state index contributed by atoms with van der Waals surface area (Å²) < 4.78 is 0. The predicted molar refractivity (Wildman–Crippen MR) is 87.1 cm³/mol. The number of nitrogens with one attached hydrogen (secondary N) is 1. The highest BCUT2D eigenvalue weighted by atomic mass is 14.9. The van der Waals surface area contributed by atoms with Gasteiger partial charge in [-0.1, -0.05) is 74.4 Å². The van der Waals surface area contributed by atoms with Crippen molar-refractivity contribution in [3.05, 3.63) is 70.8 Å². The van der Waals surface area contributed by atoms with Crippen molar-refractivity contribution >= 4 is 0 Å². The molecule has 106 valence electrons. The Bertz CT molecular complexity index is 545. The molecule has 2 rings (SSSR count). The summed E-state index contributed by atoms with van der Waals surface area (Å²) in [5.41, 5.74) is 5.46. The average molecular weight is 267 g/mol. The molecule has 0 heterocycles. The van der Waals surface area contributed by atoms with E-state index in [4.69, 9.17) is 0 Å². The Kier molecular flexibility index (Phi) is 5.37. The van der Waals surface area contributed by atoms with E-state index >= 15 is 0 Å². The number of rotatable bonds is 6. The fraction of sp³-hybridized carbons (Fsp3) is 0.368. The van der Waals surface area contributed by atoms with Gasteiger partial charge in [0.1, 0.15) is 0 Å². The molecule has 1 heteroatoms. The van der Waals surface area contributed by atoms with Crippen LogP contribution in [0, 0.1) is 6.92 Å². The van der Waals surface area contributed by atoms with Gasteiger partial charge >= 0.3 is 0 Å². The Labute approximate surface area is 123 Å². The average Bonchev–Trinajstić information content (AvgIpc) is 2.45. The summed E-state index contributed by atoms with van der Waals surface area (Å²) in [5.74, 6) is 0. The van der Waals surface area contributed by atoms with Crippen molar-refractivity contribution in [1.29, 1.82) is 0 Å². The summed E-state index contributed by atoms with van der Waals surface area (Å²) in [5, 5.41) is 3.61. The molecule has 0 aromatic heterocycles. The quantitative estimate of drug-likeness (QED) is 0.803. The fourth-order valence-corrected chi connectivity index (χ4v) is 2.70. The van der Waals surface area contributed by atoms with Gasteiger partial charge in [0.2, 0.25) is 0 Å². The zero-order chi connectivity index (χ0) is 14.4. The summed E-state index contributed by atoms with van der Waals surface area (Å²) in [7, 11) is 0. The van der Waals surface area contributed by atoms with Crippen LogP contribution < -0.4 is 5.32 Å². The lowest BCUT2D eigenvalue weighted by Gasteiger charge is -2.20. The van der Waals surface area contributed by atoms with E-state index < -0.39 is 0 Å². The molecular weight excluding hydrogens is 242 g/mol. The van der Waals surface area contributed by atoms with Gasteiger partial charge in [-0.05, 0) is 36.6 Å². The topological polar surface area (TPSA) is 12.0 Å². The van der Waals surface area contributed by atoms with Gasteiger partial charge in [0.15, 0.2) is 0 Å². The molecule has 0 fully saturated rings. The summed E-state index contributed by atoms with van der Waals surface area (Å²) in [6.07, 6.45) is 2.35. The van der Waals surface area contributed by atoms with Crippen molar-refractivity contribution in [2.45, 2.75) is 39.7 Å². The number of hydrogen-bond donors (Lipinski definition) is 1. The first kappa shape index (κ1) is 14.8. The van der Waals surface area contributed by atoms with Crippen LogP contribution in [-0.2, 0) is 6.42 Å². The molecule has 2 aromatic carbocycles. The lowest BCUT2D eigenvalue weighted by atomic mass is 9.95. The molecule has 1 atom stereocenters. The minimum absolute atomic E-state index is 0.289. The van der Waals surface area contributed by atoms with Crippen LogP contribution in [0.3, 0.4) is 0 Å². The lowest BCUT2D eigenvalue weighted by molar-refractivity contribution is 0.629. The second kappa shape index (κ2) is 7.25. The first-order chi connectivity index (χ1) is 9.74. The molecule has 1 unspecified atom stereocenters. The molecule has 1 N–H and O–H groups in total. The van der Waals surface area contributed by atoms with Crippen molar-refractivity contribution in [2.75, 3.05) is 6.54 Å². The zero-order valence-corrected chi connectivity index (χ0v) is 12.8. The molecule has 20 heavy (non-hydrogen) atoms. The van der Waals surface area contributed by atoms with Gasteiger partial charge in [0.25, 0.3) is 0 Å². The smallest absolute Gasteiger partial charge is 0.0576 e. The molecule has 1 nitrogen and oxygen atoms in total. The van der Waals surface area contributed by atoms with Crippen LogP contribution in [-0.4, -0.2) is 6.54 Å². The highest BCUT2D eigenvalue weighted by Crippen LogP contribution is 2.24. The van der Waals surface area contributed by atoms with Crippen LogP contribution in [0.1, 0.15) is 48.6 Å². The van der Waals surface area contributed by atoms with E-state index in [-0.39, 0.29) is 6.04 Å². The molecule has 0 aliphatic rings. The largest absolute Gasteiger partial charge is 0.307 e. The van der Waals surface area contributed by atoms with Crippen molar-refractivity contribution < 1.29 is 0 Å². The Morgan fingerprint density at radius 3 is 2.30 bits per heavy atom. The zero-order valence-electron chi connectivity index (χ0n) is 12.8. The molecule has 0 spiro atoms. The first-order valence-electron chi connectivity index (χ1n) is 7.63. The number of benzene rings is 2. The van der Waals surface area contributed by atoms with Gasteiger partial charge in [-0.15, -0.1) is 0 Å². The molecule has 0 bridgehead atoms. The van der Waals surface area contributed by atoms with Crippen LogP contribution in [0.2, 0.25) is 0 Å². The molecule has 0 saturated heterocycles. The van der Waals surface area contributed by atoms with Crippen LogP contribution in [0.4, 0.5) is 0 Å². The van der Waals surface area contributed by atoms with E-state index in [1.165, 1.54) is 28.7 Å². The maximum absolute atomic E-state index is 3.61. The number of hydrogen-bond acceptors (Lipinski definition) is 1. The summed E-state index contributed by atoms with van der Waals surface area (Å²) >= 11 is 0. The Morgan fingerprint density at radius 1 is 0.950 bits per heavy atom. The van der Waals surface area contributed by atoms with Gasteiger partial charge in [0, 0.05) is 0 Å². The van der Waals surface area contributed by atoms with E-state index in [0.29, 0.717) is 0 Å². The highest BCUT2D eigenvalue weighted by Gasteiger charge is 2.13. The maximum atomic E-state index is 3.61. The molecule has 0 amide bonds. The Hall–Kier alpha value is -1.60. The third-order valence-electron chi connectivity index (χ3n) is 3.61. The minimum atomic E-state index is 0.289. The van der Waals surface area contributed by atoms with Gasteiger partial charge in [0.05, 0.1) is 6.04 Å². The van der Waals surface area contributed by atoms with E-state index in [2.05, 4.69) is 74.6 Å². The van der Waals surface area contributed by atoms with E-state index in [1.807, 2.05) is 0 Å². The summed E-state index contributed by atoms with van der Waals surface area (Å²) in [6.45, 7) is 7.52. The molecule has 0 aliphatic carbocycles. The Balaban J connectivity index is 2.35. The SMILES string of the molecule is CCCc1cccc(C(NCC)c2cccc(C)c2)c1. The van der Waals surface area contributed by atoms with Crippen LogP contribution in [0.15, 0.2) is 48.5 Å². The Morgan fingerprint density at radius 2 is 1.65 bits per heavy atom.